The van der Waals surface area contributed by atoms with Crippen LogP contribution in [0.3, 0.4) is 0 Å². The largest absolute Gasteiger partial charge is 0.338 e. The molecule has 1 aromatic rings. The fourth-order valence-corrected chi connectivity index (χ4v) is 2.36. The second-order valence-electron chi connectivity index (χ2n) is 5.03. The Hall–Kier alpha value is -1.20. The Morgan fingerprint density at radius 2 is 1.95 bits per heavy atom. The molecule has 2 amide bonds. The molecule has 5 heteroatoms. The Morgan fingerprint density at radius 1 is 1.24 bits per heavy atom. The highest BCUT2D eigenvalue weighted by atomic mass is 32.2. The van der Waals surface area contributed by atoms with Crippen molar-refractivity contribution < 1.29 is 4.79 Å². The standard InChI is InChI=1S/C16H27N3OS/c1-4-10-17-13(2)14-6-8-15(9-7-14)19-16(20)18-11-5-12-21-3/h6-9,13,17H,4-5,10-12H2,1-3H3,(H2,18,19,20). The van der Waals surface area contributed by atoms with Crippen molar-refractivity contribution in [1.82, 2.24) is 10.6 Å². The predicted octanol–water partition coefficient (Wildman–Crippen LogP) is 3.62. The Kier molecular flexibility index (Phi) is 8.94. The second kappa shape index (κ2) is 10.5. The van der Waals surface area contributed by atoms with E-state index in [0.29, 0.717) is 12.6 Å². The van der Waals surface area contributed by atoms with Crippen molar-refractivity contribution in [2.45, 2.75) is 32.7 Å². The lowest BCUT2D eigenvalue weighted by atomic mass is 10.1. The topological polar surface area (TPSA) is 53.2 Å². The Morgan fingerprint density at radius 3 is 2.57 bits per heavy atom. The highest BCUT2D eigenvalue weighted by Gasteiger charge is 2.05. The van der Waals surface area contributed by atoms with Crippen molar-refractivity contribution in [1.29, 1.82) is 0 Å². The molecular weight excluding hydrogens is 282 g/mol. The number of nitrogens with one attached hydrogen (secondary N) is 3. The number of hydrogen-bond donors (Lipinski definition) is 3. The van der Waals surface area contributed by atoms with Gasteiger partial charge in [-0.25, -0.2) is 4.79 Å². The number of thioether (sulfide) groups is 1. The second-order valence-corrected chi connectivity index (χ2v) is 6.01. The molecule has 0 aromatic heterocycles. The third-order valence-electron chi connectivity index (χ3n) is 3.18. The molecule has 0 saturated heterocycles. The monoisotopic (exact) mass is 309 g/mol. The lowest BCUT2D eigenvalue weighted by molar-refractivity contribution is 0.252. The molecule has 4 nitrogen and oxygen atoms in total. The SMILES string of the molecule is CCCNC(C)c1ccc(NC(=O)NCCCSC)cc1. The minimum absolute atomic E-state index is 0.138. The van der Waals surface area contributed by atoms with E-state index < -0.39 is 0 Å². The van der Waals surface area contributed by atoms with E-state index in [1.54, 1.807) is 11.8 Å². The van der Waals surface area contributed by atoms with Crippen LogP contribution in [-0.4, -0.2) is 31.1 Å². The van der Waals surface area contributed by atoms with E-state index >= 15 is 0 Å². The first-order valence-corrected chi connectivity index (χ1v) is 8.94. The highest BCUT2D eigenvalue weighted by Crippen LogP contribution is 2.15. The summed E-state index contributed by atoms with van der Waals surface area (Å²) in [5.41, 5.74) is 2.05. The van der Waals surface area contributed by atoms with E-state index in [9.17, 15) is 4.79 Å². The molecule has 118 valence electrons. The molecule has 0 saturated carbocycles. The maximum absolute atomic E-state index is 11.7. The summed E-state index contributed by atoms with van der Waals surface area (Å²) >= 11 is 1.79. The number of carbonyl (C=O) groups excluding carboxylic acids is 1. The van der Waals surface area contributed by atoms with Gasteiger partial charge < -0.3 is 16.0 Å². The fraction of sp³-hybridized carbons (Fsp3) is 0.562. The van der Waals surface area contributed by atoms with Gasteiger partial charge >= 0.3 is 6.03 Å². The van der Waals surface area contributed by atoms with Gasteiger partial charge in [0, 0.05) is 18.3 Å². The van der Waals surface area contributed by atoms with Gasteiger partial charge in [0.15, 0.2) is 0 Å². The minimum atomic E-state index is -0.138. The van der Waals surface area contributed by atoms with E-state index in [-0.39, 0.29) is 6.03 Å². The number of rotatable bonds is 9. The van der Waals surface area contributed by atoms with Crippen LogP contribution < -0.4 is 16.0 Å². The minimum Gasteiger partial charge on any atom is -0.338 e. The average Bonchev–Trinajstić information content (AvgIpc) is 2.50. The Bertz CT molecular complexity index is 408. The summed E-state index contributed by atoms with van der Waals surface area (Å²) in [6, 6.07) is 8.19. The summed E-state index contributed by atoms with van der Waals surface area (Å²) < 4.78 is 0. The van der Waals surface area contributed by atoms with Gasteiger partial charge in [-0.2, -0.15) is 11.8 Å². The van der Waals surface area contributed by atoms with E-state index in [1.165, 1.54) is 5.56 Å². The quantitative estimate of drug-likeness (QED) is 0.611. The molecule has 0 heterocycles. The first kappa shape index (κ1) is 17.9. The summed E-state index contributed by atoms with van der Waals surface area (Å²) in [4.78, 5) is 11.7. The Balaban J connectivity index is 2.38. The van der Waals surface area contributed by atoms with Gasteiger partial charge in [0.2, 0.25) is 0 Å². The van der Waals surface area contributed by atoms with E-state index in [2.05, 4.69) is 48.2 Å². The number of hydrogen-bond acceptors (Lipinski definition) is 3. The third-order valence-corrected chi connectivity index (χ3v) is 3.88. The van der Waals surface area contributed by atoms with Crippen LogP contribution in [0.5, 0.6) is 0 Å². The van der Waals surface area contributed by atoms with Crippen LogP contribution in [0, 0.1) is 0 Å². The number of anilines is 1. The zero-order chi connectivity index (χ0) is 15.5. The number of urea groups is 1. The lowest BCUT2D eigenvalue weighted by Gasteiger charge is -2.14. The molecule has 0 radical (unpaired) electrons. The van der Waals surface area contributed by atoms with Gasteiger partial charge in [-0.05, 0) is 56.0 Å². The molecule has 1 atom stereocenters. The van der Waals surface area contributed by atoms with E-state index in [0.717, 1.165) is 30.8 Å². The average molecular weight is 309 g/mol. The Labute approximate surface area is 132 Å². The zero-order valence-electron chi connectivity index (χ0n) is 13.2. The number of amides is 2. The van der Waals surface area contributed by atoms with Crippen LogP contribution in [-0.2, 0) is 0 Å². The molecule has 21 heavy (non-hydrogen) atoms. The third kappa shape index (κ3) is 7.39. The van der Waals surface area contributed by atoms with Gasteiger partial charge in [0.25, 0.3) is 0 Å². The van der Waals surface area contributed by atoms with E-state index in [4.69, 9.17) is 0 Å². The van der Waals surface area contributed by atoms with Crippen LogP contribution in [0.15, 0.2) is 24.3 Å². The summed E-state index contributed by atoms with van der Waals surface area (Å²) in [6.07, 6.45) is 4.19. The first-order valence-electron chi connectivity index (χ1n) is 7.54. The van der Waals surface area contributed by atoms with Crippen molar-refractivity contribution in [3.05, 3.63) is 29.8 Å². The van der Waals surface area contributed by atoms with Crippen molar-refractivity contribution in [2.75, 3.05) is 30.4 Å². The normalized spacial score (nSPS) is 12.0. The molecule has 0 aliphatic rings. The maximum atomic E-state index is 11.7. The molecule has 0 aliphatic heterocycles. The molecule has 1 aromatic carbocycles. The first-order chi connectivity index (χ1) is 10.2. The summed E-state index contributed by atoms with van der Waals surface area (Å²) in [5.74, 6) is 1.07. The molecule has 0 aliphatic carbocycles. The van der Waals surface area contributed by atoms with Crippen LogP contribution in [0.4, 0.5) is 10.5 Å². The van der Waals surface area contributed by atoms with Crippen molar-refractivity contribution >= 4 is 23.5 Å². The van der Waals surface area contributed by atoms with Gasteiger partial charge in [-0.1, -0.05) is 19.1 Å². The van der Waals surface area contributed by atoms with Crippen molar-refractivity contribution in [3.8, 4) is 0 Å². The predicted molar refractivity (Wildman–Crippen MR) is 93.2 cm³/mol. The fourth-order valence-electron chi connectivity index (χ4n) is 1.93. The van der Waals surface area contributed by atoms with Crippen molar-refractivity contribution in [2.24, 2.45) is 0 Å². The molecular formula is C16H27N3OS. The molecule has 0 bridgehead atoms. The summed E-state index contributed by atoms with van der Waals surface area (Å²) in [5, 5.41) is 9.15. The lowest BCUT2D eigenvalue weighted by Crippen LogP contribution is -2.29. The number of carbonyl (C=O) groups is 1. The van der Waals surface area contributed by atoms with Crippen molar-refractivity contribution in [3.63, 3.8) is 0 Å². The van der Waals surface area contributed by atoms with Gasteiger partial charge in [0.1, 0.15) is 0 Å². The molecule has 1 rings (SSSR count). The summed E-state index contributed by atoms with van der Waals surface area (Å²) in [7, 11) is 0. The molecule has 0 spiro atoms. The van der Waals surface area contributed by atoms with Crippen LogP contribution in [0.2, 0.25) is 0 Å². The van der Waals surface area contributed by atoms with Gasteiger partial charge in [-0.15, -0.1) is 0 Å². The van der Waals surface area contributed by atoms with Crippen LogP contribution in [0.25, 0.3) is 0 Å². The summed E-state index contributed by atoms with van der Waals surface area (Å²) in [6.45, 7) is 6.03. The van der Waals surface area contributed by atoms with E-state index in [1.807, 2.05) is 12.1 Å². The molecule has 1 unspecified atom stereocenters. The number of benzene rings is 1. The zero-order valence-corrected chi connectivity index (χ0v) is 14.1. The van der Waals surface area contributed by atoms with Gasteiger partial charge in [0.05, 0.1) is 0 Å². The molecule has 0 fully saturated rings. The van der Waals surface area contributed by atoms with Gasteiger partial charge in [-0.3, -0.25) is 0 Å². The molecule has 3 N–H and O–H groups in total. The highest BCUT2D eigenvalue weighted by molar-refractivity contribution is 7.98. The maximum Gasteiger partial charge on any atom is 0.319 e. The van der Waals surface area contributed by atoms with Crippen LogP contribution >= 0.6 is 11.8 Å². The van der Waals surface area contributed by atoms with Crippen LogP contribution in [0.1, 0.15) is 38.3 Å². The smallest absolute Gasteiger partial charge is 0.319 e.